The van der Waals surface area contributed by atoms with Crippen molar-refractivity contribution in [1.29, 1.82) is 0 Å². The highest BCUT2D eigenvalue weighted by Gasteiger charge is 2.27. The fourth-order valence-corrected chi connectivity index (χ4v) is 3.37. The van der Waals surface area contributed by atoms with E-state index in [2.05, 4.69) is 24.1 Å². The first-order valence-electron chi connectivity index (χ1n) is 8.06. The average Bonchev–Trinajstić information content (AvgIpc) is 2.47. The minimum absolute atomic E-state index is 0.222. The molecular formula is C17H26ClFN2. The second-order valence-corrected chi connectivity index (χ2v) is 6.39. The predicted octanol–water partition coefficient (Wildman–Crippen LogP) is 4.22. The lowest BCUT2D eigenvalue weighted by Gasteiger charge is -2.40. The molecule has 0 aliphatic carbocycles. The van der Waals surface area contributed by atoms with Crippen LogP contribution in [0.2, 0.25) is 5.02 Å². The third kappa shape index (κ3) is 4.41. The maximum Gasteiger partial charge on any atom is 0.146 e. The molecule has 0 radical (unpaired) electrons. The molecule has 0 bridgehead atoms. The van der Waals surface area contributed by atoms with Gasteiger partial charge in [-0.15, -0.1) is 0 Å². The summed E-state index contributed by atoms with van der Waals surface area (Å²) in [4.78, 5) is 2.43. The molecule has 1 N–H and O–H groups in total. The lowest BCUT2D eigenvalue weighted by atomic mass is 10.0. The van der Waals surface area contributed by atoms with Crippen molar-refractivity contribution < 1.29 is 4.39 Å². The van der Waals surface area contributed by atoms with Gasteiger partial charge in [-0.1, -0.05) is 50.4 Å². The topological polar surface area (TPSA) is 15.3 Å². The minimum atomic E-state index is -0.264. The standard InChI is InChI=1S/C17H26ClFN2/c1-3-6-14-12-21(15(7-4-2)10-20-14)11-13-8-5-9-16(18)17(13)19/h5,8-9,14-15,20H,3-4,6-7,10-12H2,1-2H3. The Bertz CT molecular complexity index is 452. The first kappa shape index (κ1) is 16.7. The van der Waals surface area contributed by atoms with Crippen LogP contribution >= 0.6 is 11.6 Å². The van der Waals surface area contributed by atoms with E-state index in [0.29, 0.717) is 24.2 Å². The zero-order valence-corrected chi connectivity index (χ0v) is 13.8. The van der Waals surface area contributed by atoms with Gasteiger partial charge in [-0.05, 0) is 18.9 Å². The Morgan fingerprint density at radius 2 is 2.05 bits per heavy atom. The van der Waals surface area contributed by atoms with Crippen LogP contribution in [0.5, 0.6) is 0 Å². The first-order valence-corrected chi connectivity index (χ1v) is 8.43. The number of halogens is 2. The van der Waals surface area contributed by atoms with E-state index in [1.807, 2.05) is 12.1 Å². The molecule has 2 atom stereocenters. The highest BCUT2D eigenvalue weighted by atomic mass is 35.5. The van der Waals surface area contributed by atoms with E-state index in [-0.39, 0.29) is 10.8 Å². The molecular weight excluding hydrogens is 287 g/mol. The molecule has 1 aromatic rings. The van der Waals surface area contributed by atoms with Crippen molar-refractivity contribution in [1.82, 2.24) is 10.2 Å². The van der Waals surface area contributed by atoms with Crippen molar-refractivity contribution in [3.05, 3.63) is 34.6 Å². The van der Waals surface area contributed by atoms with Crippen LogP contribution in [0.1, 0.15) is 45.1 Å². The van der Waals surface area contributed by atoms with E-state index in [4.69, 9.17) is 11.6 Å². The second kappa shape index (κ2) is 8.11. The summed E-state index contributed by atoms with van der Waals surface area (Å²) in [5.41, 5.74) is 0.709. The van der Waals surface area contributed by atoms with Crippen LogP contribution in [0.3, 0.4) is 0 Å². The summed E-state index contributed by atoms with van der Waals surface area (Å²) in [5.74, 6) is -0.264. The number of benzene rings is 1. The minimum Gasteiger partial charge on any atom is -0.311 e. The molecule has 0 saturated carbocycles. The molecule has 1 aliphatic heterocycles. The Labute approximate surface area is 132 Å². The zero-order valence-electron chi connectivity index (χ0n) is 13.0. The molecule has 0 aromatic heterocycles. The van der Waals surface area contributed by atoms with Gasteiger partial charge in [-0.25, -0.2) is 4.39 Å². The molecule has 2 unspecified atom stereocenters. The summed E-state index contributed by atoms with van der Waals surface area (Å²) >= 11 is 5.90. The van der Waals surface area contributed by atoms with Crippen molar-refractivity contribution in [2.24, 2.45) is 0 Å². The molecule has 2 rings (SSSR count). The fourth-order valence-electron chi connectivity index (χ4n) is 3.17. The average molecular weight is 313 g/mol. The second-order valence-electron chi connectivity index (χ2n) is 5.98. The van der Waals surface area contributed by atoms with Crippen LogP contribution < -0.4 is 5.32 Å². The van der Waals surface area contributed by atoms with Crippen molar-refractivity contribution >= 4 is 11.6 Å². The molecule has 1 fully saturated rings. The summed E-state index contributed by atoms with van der Waals surface area (Å²) in [6, 6.07) is 6.30. The van der Waals surface area contributed by atoms with Gasteiger partial charge in [-0.2, -0.15) is 0 Å². The molecule has 4 heteroatoms. The quantitative estimate of drug-likeness (QED) is 0.846. The van der Waals surface area contributed by atoms with Crippen LogP contribution in [0, 0.1) is 5.82 Å². The summed E-state index contributed by atoms with van der Waals surface area (Å²) in [7, 11) is 0. The Morgan fingerprint density at radius 3 is 2.76 bits per heavy atom. The molecule has 1 heterocycles. The normalized spacial score (nSPS) is 23.4. The van der Waals surface area contributed by atoms with E-state index >= 15 is 0 Å². The predicted molar refractivity (Wildman–Crippen MR) is 87.2 cm³/mol. The lowest BCUT2D eigenvalue weighted by molar-refractivity contribution is 0.110. The van der Waals surface area contributed by atoms with Gasteiger partial charge in [0.2, 0.25) is 0 Å². The van der Waals surface area contributed by atoms with Gasteiger partial charge in [-0.3, -0.25) is 4.90 Å². The van der Waals surface area contributed by atoms with Gasteiger partial charge in [0.05, 0.1) is 5.02 Å². The van der Waals surface area contributed by atoms with Gasteiger partial charge in [0, 0.05) is 37.3 Å². The van der Waals surface area contributed by atoms with Gasteiger partial charge in [0.25, 0.3) is 0 Å². The fraction of sp³-hybridized carbons (Fsp3) is 0.647. The lowest BCUT2D eigenvalue weighted by Crippen LogP contribution is -2.55. The zero-order chi connectivity index (χ0) is 15.2. The van der Waals surface area contributed by atoms with E-state index in [0.717, 1.165) is 25.9 Å². The van der Waals surface area contributed by atoms with E-state index in [1.165, 1.54) is 12.8 Å². The Balaban J connectivity index is 2.09. The summed E-state index contributed by atoms with van der Waals surface area (Å²) < 4.78 is 14.1. The number of hydrogen-bond donors (Lipinski definition) is 1. The molecule has 2 nitrogen and oxygen atoms in total. The Kier molecular flexibility index (Phi) is 6.46. The maximum atomic E-state index is 14.1. The molecule has 1 aromatic carbocycles. The number of rotatable bonds is 6. The highest BCUT2D eigenvalue weighted by molar-refractivity contribution is 6.30. The van der Waals surface area contributed by atoms with E-state index < -0.39 is 0 Å². The Morgan fingerprint density at radius 1 is 1.29 bits per heavy atom. The number of nitrogens with zero attached hydrogens (tertiary/aromatic N) is 1. The van der Waals surface area contributed by atoms with Gasteiger partial charge < -0.3 is 5.32 Å². The van der Waals surface area contributed by atoms with Crippen LogP contribution in [0.15, 0.2) is 18.2 Å². The van der Waals surface area contributed by atoms with Crippen LogP contribution in [0.25, 0.3) is 0 Å². The van der Waals surface area contributed by atoms with Gasteiger partial charge in [0.15, 0.2) is 0 Å². The van der Waals surface area contributed by atoms with Gasteiger partial charge in [0.1, 0.15) is 5.82 Å². The maximum absolute atomic E-state index is 14.1. The SMILES string of the molecule is CCCC1CN(Cc2cccc(Cl)c2F)C(CCC)CN1. The monoisotopic (exact) mass is 312 g/mol. The summed E-state index contributed by atoms with van der Waals surface area (Å²) in [5, 5.41) is 3.86. The molecule has 118 valence electrons. The summed E-state index contributed by atoms with van der Waals surface area (Å²) in [6.45, 7) is 7.06. The van der Waals surface area contributed by atoms with E-state index in [9.17, 15) is 4.39 Å². The largest absolute Gasteiger partial charge is 0.311 e. The van der Waals surface area contributed by atoms with Crippen molar-refractivity contribution in [2.75, 3.05) is 13.1 Å². The molecule has 0 amide bonds. The molecule has 1 saturated heterocycles. The molecule has 21 heavy (non-hydrogen) atoms. The van der Waals surface area contributed by atoms with E-state index in [1.54, 1.807) is 6.07 Å². The third-order valence-electron chi connectivity index (χ3n) is 4.28. The van der Waals surface area contributed by atoms with Crippen LogP contribution in [0.4, 0.5) is 4.39 Å². The number of hydrogen-bond acceptors (Lipinski definition) is 2. The van der Waals surface area contributed by atoms with Gasteiger partial charge >= 0.3 is 0 Å². The first-order chi connectivity index (χ1) is 10.2. The Hall–Kier alpha value is -0.640. The van der Waals surface area contributed by atoms with Crippen molar-refractivity contribution in [3.8, 4) is 0 Å². The van der Waals surface area contributed by atoms with Crippen molar-refractivity contribution in [2.45, 2.75) is 58.2 Å². The van der Waals surface area contributed by atoms with Crippen LogP contribution in [-0.2, 0) is 6.54 Å². The summed E-state index contributed by atoms with van der Waals surface area (Å²) in [6.07, 6.45) is 4.65. The molecule has 0 spiro atoms. The number of nitrogens with one attached hydrogen (secondary N) is 1. The van der Waals surface area contributed by atoms with Crippen LogP contribution in [-0.4, -0.2) is 30.1 Å². The third-order valence-corrected chi connectivity index (χ3v) is 4.57. The smallest absolute Gasteiger partial charge is 0.146 e. The molecule has 1 aliphatic rings. The number of piperazine rings is 1. The van der Waals surface area contributed by atoms with Crippen molar-refractivity contribution in [3.63, 3.8) is 0 Å². The highest BCUT2D eigenvalue weighted by Crippen LogP contribution is 2.22.